The van der Waals surface area contributed by atoms with E-state index in [-0.39, 0.29) is 19.0 Å². The third-order valence-electron chi connectivity index (χ3n) is 5.21. The lowest BCUT2D eigenvalue weighted by Gasteiger charge is -2.25. The number of aliphatic hydroxyl groups is 1. The number of anilines is 3. The number of carbonyl (C=O) groups excluding carboxylic acids is 3. The minimum atomic E-state index is -0.669. The number of hydrogen-bond acceptors (Lipinski definition) is 4. The van der Waals surface area contributed by atoms with Gasteiger partial charge in [-0.05, 0) is 48.9 Å². The predicted octanol–water partition coefficient (Wildman–Crippen LogP) is 3.56. The molecule has 3 aromatic carbocycles. The van der Waals surface area contributed by atoms with E-state index in [1.165, 1.54) is 9.80 Å². The molecule has 176 valence electrons. The fraction of sp³-hybridized carbons (Fsp3) is 0.192. The first-order chi connectivity index (χ1) is 16.3. The summed E-state index contributed by atoms with van der Waals surface area (Å²) in [6.45, 7) is 1.14. The van der Waals surface area contributed by atoms with Crippen molar-refractivity contribution in [2.45, 2.75) is 13.0 Å². The molecule has 8 nitrogen and oxygen atoms in total. The molecule has 0 unspecified atom stereocenters. The quantitative estimate of drug-likeness (QED) is 0.478. The molecule has 0 fully saturated rings. The summed E-state index contributed by atoms with van der Waals surface area (Å²) in [5, 5.41) is 14.9. The van der Waals surface area contributed by atoms with Gasteiger partial charge in [-0.2, -0.15) is 0 Å². The second-order valence-corrected chi connectivity index (χ2v) is 7.71. The second-order valence-electron chi connectivity index (χ2n) is 7.71. The Morgan fingerprint density at radius 1 is 0.853 bits per heavy atom. The molecule has 0 aromatic heterocycles. The molecular weight excluding hydrogens is 432 g/mol. The third kappa shape index (κ3) is 6.66. The summed E-state index contributed by atoms with van der Waals surface area (Å²) in [4.78, 5) is 41.1. The average Bonchev–Trinajstić information content (AvgIpc) is 2.86. The zero-order valence-electron chi connectivity index (χ0n) is 19.1. The van der Waals surface area contributed by atoms with Crippen molar-refractivity contribution in [3.05, 3.63) is 90.5 Å². The highest BCUT2D eigenvalue weighted by Crippen LogP contribution is 2.18. The maximum Gasteiger partial charge on any atom is 0.319 e. The predicted molar refractivity (Wildman–Crippen MR) is 133 cm³/mol. The van der Waals surface area contributed by atoms with Crippen molar-refractivity contribution in [2.75, 3.05) is 35.3 Å². The largest absolute Gasteiger partial charge is 0.389 e. The number of para-hydroxylation sites is 2. The van der Waals surface area contributed by atoms with Gasteiger partial charge in [-0.3, -0.25) is 9.59 Å². The molecule has 0 aliphatic carbocycles. The first kappa shape index (κ1) is 24.5. The van der Waals surface area contributed by atoms with Crippen LogP contribution in [0.3, 0.4) is 0 Å². The van der Waals surface area contributed by atoms with Crippen LogP contribution >= 0.6 is 0 Å². The zero-order chi connectivity index (χ0) is 24.5. The lowest BCUT2D eigenvalue weighted by atomic mass is 10.1. The van der Waals surface area contributed by atoms with Gasteiger partial charge in [0, 0.05) is 24.1 Å². The molecule has 1 atom stereocenters. The minimum Gasteiger partial charge on any atom is -0.389 e. The molecule has 0 aliphatic rings. The van der Waals surface area contributed by atoms with Crippen LogP contribution in [0.15, 0.2) is 84.9 Å². The highest BCUT2D eigenvalue weighted by atomic mass is 16.3. The van der Waals surface area contributed by atoms with Gasteiger partial charge in [0.1, 0.15) is 6.54 Å². The smallest absolute Gasteiger partial charge is 0.319 e. The molecule has 0 radical (unpaired) electrons. The van der Waals surface area contributed by atoms with Gasteiger partial charge in [0.25, 0.3) is 0 Å². The summed E-state index contributed by atoms with van der Waals surface area (Å²) < 4.78 is 0. The number of hydrogen-bond donors (Lipinski definition) is 3. The molecule has 0 bridgehead atoms. The van der Waals surface area contributed by atoms with Gasteiger partial charge in [-0.1, -0.05) is 48.5 Å². The molecular formula is C26H28N4O4. The van der Waals surface area contributed by atoms with Crippen molar-refractivity contribution in [1.82, 2.24) is 5.32 Å². The molecule has 8 heteroatoms. The Morgan fingerprint density at radius 3 is 2.09 bits per heavy atom. The van der Waals surface area contributed by atoms with E-state index in [0.717, 1.165) is 0 Å². The molecule has 0 spiro atoms. The summed E-state index contributed by atoms with van der Waals surface area (Å²) in [5.74, 6) is -0.711. The van der Waals surface area contributed by atoms with Gasteiger partial charge in [-0.15, -0.1) is 0 Å². The number of rotatable bonds is 8. The van der Waals surface area contributed by atoms with Gasteiger partial charge in [0.05, 0.1) is 12.6 Å². The van der Waals surface area contributed by atoms with E-state index in [4.69, 9.17) is 0 Å². The standard InChI is InChI=1S/C26H28N4O4/c1-19(31)20-10-9-11-21(16-20)28-26(34)27-17-24(32)30(23-14-7-4-8-15-23)18-25(33)29(2)22-12-5-3-6-13-22/h3-16,19,31H,17-18H2,1-2H3,(H2,27,28,34)/t19-/m0/s1. The molecule has 0 saturated heterocycles. The summed E-state index contributed by atoms with van der Waals surface area (Å²) >= 11 is 0. The first-order valence-electron chi connectivity index (χ1n) is 10.8. The summed E-state index contributed by atoms with van der Waals surface area (Å²) in [7, 11) is 1.65. The van der Waals surface area contributed by atoms with E-state index < -0.39 is 18.0 Å². The van der Waals surface area contributed by atoms with E-state index in [1.807, 2.05) is 36.4 Å². The number of amides is 4. The van der Waals surface area contributed by atoms with Gasteiger partial charge in [0.15, 0.2) is 0 Å². The Bertz CT molecular complexity index is 1120. The van der Waals surface area contributed by atoms with E-state index >= 15 is 0 Å². The molecule has 34 heavy (non-hydrogen) atoms. The first-order valence-corrected chi connectivity index (χ1v) is 10.8. The highest BCUT2D eigenvalue weighted by molar-refractivity contribution is 6.05. The highest BCUT2D eigenvalue weighted by Gasteiger charge is 2.22. The van der Waals surface area contributed by atoms with Crippen LogP contribution in [0.5, 0.6) is 0 Å². The van der Waals surface area contributed by atoms with Crippen molar-refractivity contribution in [2.24, 2.45) is 0 Å². The molecule has 3 aromatic rings. The van der Waals surface area contributed by atoms with Crippen molar-refractivity contribution in [3.8, 4) is 0 Å². The molecule has 0 heterocycles. The maximum absolute atomic E-state index is 13.0. The number of aliphatic hydroxyl groups excluding tert-OH is 1. The van der Waals surface area contributed by atoms with Crippen LogP contribution in [-0.2, 0) is 9.59 Å². The number of carbonyl (C=O) groups is 3. The van der Waals surface area contributed by atoms with Crippen molar-refractivity contribution >= 4 is 34.9 Å². The summed E-state index contributed by atoms with van der Waals surface area (Å²) in [5.41, 5.74) is 2.41. The van der Waals surface area contributed by atoms with Crippen LogP contribution in [0.2, 0.25) is 0 Å². The van der Waals surface area contributed by atoms with E-state index in [1.54, 1.807) is 62.5 Å². The number of nitrogens with zero attached hydrogens (tertiary/aromatic N) is 2. The van der Waals surface area contributed by atoms with Crippen LogP contribution in [0.25, 0.3) is 0 Å². The topological polar surface area (TPSA) is 102 Å². The Balaban J connectivity index is 1.65. The molecule has 0 saturated carbocycles. The number of benzene rings is 3. The van der Waals surface area contributed by atoms with Crippen molar-refractivity contribution < 1.29 is 19.5 Å². The Morgan fingerprint density at radius 2 is 1.47 bits per heavy atom. The molecule has 0 aliphatic heterocycles. The fourth-order valence-electron chi connectivity index (χ4n) is 3.27. The normalized spacial score (nSPS) is 11.3. The molecule has 3 rings (SSSR count). The van der Waals surface area contributed by atoms with Gasteiger partial charge < -0.3 is 25.5 Å². The number of nitrogens with one attached hydrogen (secondary N) is 2. The Labute approximate surface area is 198 Å². The molecule has 3 N–H and O–H groups in total. The SMILES string of the molecule is C[C@H](O)c1cccc(NC(=O)NCC(=O)N(CC(=O)N(C)c2ccccc2)c2ccccc2)c1. The average molecular weight is 461 g/mol. The van der Waals surface area contributed by atoms with Crippen LogP contribution in [0.4, 0.5) is 21.9 Å². The second kappa shape index (κ2) is 11.6. The zero-order valence-corrected chi connectivity index (χ0v) is 19.1. The Hall–Kier alpha value is -4.17. The van der Waals surface area contributed by atoms with E-state index in [9.17, 15) is 19.5 Å². The van der Waals surface area contributed by atoms with Gasteiger partial charge in [0.2, 0.25) is 11.8 Å². The lowest BCUT2D eigenvalue weighted by molar-refractivity contribution is -0.121. The monoisotopic (exact) mass is 460 g/mol. The maximum atomic E-state index is 13.0. The van der Waals surface area contributed by atoms with Crippen molar-refractivity contribution in [3.63, 3.8) is 0 Å². The van der Waals surface area contributed by atoms with E-state index in [0.29, 0.717) is 22.6 Å². The van der Waals surface area contributed by atoms with Gasteiger partial charge >= 0.3 is 6.03 Å². The van der Waals surface area contributed by atoms with Crippen LogP contribution < -0.4 is 20.4 Å². The summed E-state index contributed by atoms with van der Waals surface area (Å²) in [6.07, 6.45) is -0.669. The van der Waals surface area contributed by atoms with E-state index in [2.05, 4.69) is 10.6 Å². The van der Waals surface area contributed by atoms with Gasteiger partial charge in [-0.25, -0.2) is 4.79 Å². The molecule has 4 amide bonds. The Kier molecular flexibility index (Phi) is 8.37. The number of likely N-dealkylation sites (N-methyl/N-ethyl adjacent to an activating group) is 1. The van der Waals surface area contributed by atoms with Crippen LogP contribution in [-0.4, -0.2) is 43.1 Å². The fourth-order valence-corrected chi connectivity index (χ4v) is 3.27. The van der Waals surface area contributed by atoms with Crippen LogP contribution in [0, 0.1) is 0 Å². The minimum absolute atomic E-state index is 0.187. The van der Waals surface area contributed by atoms with Crippen LogP contribution in [0.1, 0.15) is 18.6 Å². The number of urea groups is 1. The third-order valence-corrected chi connectivity index (χ3v) is 5.21. The lowest BCUT2D eigenvalue weighted by Crippen LogP contribution is -2.46. The summed E-state index contributed by atoms with van der Waals surface area (Å²) in [6, 6.07) is 24.2. The van der Waals surface area contributed by atoms with Crippen molar-refractivity contribution in [1.29, 1.82) is 0 Å².